The Hall–Kier alpha value is -1.38. The first-order valence-corrected chi connectivity index (χ1v) is 7.55. The van der Waals surface area contributed by atoms with Crippen LogP contribution in [0.25, 0.3) is 0 Å². The predicted octanol–water partition coefficient (Wildman–Crippen LogP) is 4.47. The quantitative estimate of drug-likeness (QED) is 0.699. The lowest BCUT2D eigenvalue weighted by Gasteiger charge is -2.07. The van der Waals surface area contributed by atoms with Crippen molar-refractivity contribution in [3.05, 3.63) is 35.1 Å². The lowest BCUT2D eigenvalue weighted by molar-refractivity contribution is 0.0949. The first-order chi connectivity index (χ1) is 9.50. The van der Waals surface area contributed by atoms with Crippen molar-refractivity contribution >= 4 is 5.91 Å². The molecule has 1 N–H and O–H groups in total. The number of hydrogen-bond acceptors (Lipinski definition) is 1. The van der Waals surface area contributed by atoms with Crippen LogP contribution in [-0.4, -0.2) is 12.5 Å². The number of aryl methyl sites for hydroxylation is 1. The Morgan fingerprint density at radius 2 is 1.90 bits per heavy atom. The van der Waals surface area contributed by atoms with Gasteiger partial charge >= 0.3 is 0 Å². The second-order valence-electron chi connectivity index (χ2n) is 5.84. The van der Waals surface area contributed by atoms with Crippen LogP contribution >= 0.6 is 0 Å². The molecule has 3 heteroatoms. The Bertz CT molecular complexity index is 429. The molecule has 0 bridgehead atoms. The number of carbonyl (C=O) groups excluding carboxylic acids is 1. The zero-order valence-corrected chi connectivity index (χ0v) is 12.8. The lowest BCUT2D eigenvalue weighted by atomic mass is 10.0. The van der Waals surface area contributed by atoms with Crippen LogP contribution < -0.4 is 5.32 Å². The van der Waals surface area contributed by atoms with Gasteiger partial charge in [0.2, 0.25) is 0 Å². The Kier molecular flexibility index (Phi) is 7.27. The van der Waals surface area contributed by atoms with E-state index in [1.807, 2.05) is 6.92 Å². The molecule has 0 atom stereocenters. The standard InChI is InChI=1S/C17H26FNO/c1-13(2)8-6-4-5-7-11-19-17(20)15-12-14(3)9-10-16(15)18/h9-10,12-13H,4-8,11H2,1-3H3,(H,19,20). The number of carbonyl (C=O) groups is 1. The summed E-state index contributed by atoms with van der Waals surface area (Å²) in [5.74, 6) is -0.00240. The van der Waals surface area contributed by atoms with E-state index in [1.165, 1.54) is 25.3 Å². The van der Waals surface area contributed by atoms with E-state index < -0.39 is 5.82 Å². The highest BCUT2D eigenvalue weighted by Crippen LogP contribution is 2.11. The average Bonchev–Trinajstić information content (AvgIpc) is 2.39. The molecule has 0 aliphatic carbocycles. The molecule has 0 saturated heterocycles. The molecule has 2 nitrogen and oxygen atoms in total. The summed E-state index contributed by atoms with van der Waals surface area (Å²) in [5, 5.41) is 2.79. The lowest BCUT2D eigenvalue weighted by Crippen LogP contribution is -2.25. The van der Waals surface area contributed by atoms with Gasteiger partial charge in [-0.1, -0.05) is 51.2 Å². The molecule has 0 aliphatic heterocycles. The maximum Gasteiger partial charge on any atom is 0.254 e. The van der Waals surface area contributed by atoms with E-state index in [-0.39, 0.29) is 11.5 Å². The van der Waals surface area contributed by atoms with Crippen molar-refractivity contribution in [1.82, 2.24) is 5.32 Å². The van der Waals surface area contributed by atoms with Gasteiger partial charge in [0, 0.05) is 6.54 Å². The summed E-state index contributed by atoms with van der Waals surface area (Å²) in [6.45, 7) is 6.94. The summed E-state index contributed by atoms with van der Waals surface area (Å²) in [4.78, 5) is 11.8. The molecule has 1 amide bonds. The van der Waals surface area contributed by atoms with Gasteiger partial charge in [0.05, 0.1) is 5.56 Å². The van der Waals surface area contributed by atoms with Crippen LogP contribution in [-0.2, 0) is 0 Å². The Labute approximate surface area is 121 Å². The minimum absolute atomic E-state index is 0.143. The van der Waals surface area contributed by atoms with Crippen LogP contribution in [0.15, 0.2) is 18.2 Å². The van der Waals surface area contributed by atoms with Gasteiger partial charge in [-0.25, -0.2) is 4.39 Å². The van der Waals surface area contributed by atoms with E-state index in [1.54, 1.807) is 12.1 Å². The van der Waals surface area contributed by atoms with Crippen LogP contribution in [0.2, 0.25) is 0 Å². The molecule has 0 radical (unpaired) electrons. The highest BCUT2D eigenvalue weighted by Gasteiger charge is 2.10. The van der Waals surface area contributed by atoms with Crippen molar-refractivity contribution in [2.24, 2.45) is 5.92 Å². The van der Waals surface area contributed by atoms with Crippen molar-refractivity contribution < 1.29 is 9.18 Å². The third-order valence-electron chi connectivity index (χ3n) is 3.36. The molecule has 0 aliphatic rings. The number of halogens is 1. The minimum Gasteiger partial charge on any atom is -0.352 e. The first-order valence-electron chi connectivity index (χ1n) is 7.55. The molecule has 0 spiro atoms. The molecule has 0 aromatic heterocycles. The maximum absolute atomic E-state index is 13.5. The fraction of sp³-hybridized carbons (Fsp3) is 0.588. The average molecular weight is 279 g/mol. The number of nitrogens with one attached hydrogen (secondary N) is 1. The van der Waals surface area contributed by atoms with E-state index >= 15 is 0 Å². The normalized spacial score (nSPS) is 10.8. The molecule has 0 heterocycles. The van der Waals surface area contributed by atoms with Crippen molar-refractivity contribution in [3.8, 4) is 0 Å². The number of unbranched alkanes of at least 4 members (excludes halogenated alkanes) is 3. The molecule has 1 aromatic carbocycles. The molecule has 112 valence electrons. The summed E-state index contributed by atoms with van der Waals surface area (Å²) in [5.41, 5.74) is 1.04. The molecule has 0 fully saturated rings. The largest absolute Gasteiger partial charge is 0.352 e. The third-order valence-corrected chi connectivity index (χ3v) is 3.36. The van der Waals surface area contributed by atoms with Gasteiger partial charge in [-0.3, -0.25) is 4.79 Å². The highest BCUT2D eigenvalue weighted by molar-refractivity contribution is 5.94. The van der Waals surface area contributed by atoms with Crippen LogP contribution in [0.4, 0.5) is 4.39 Å². The maximum atomic E-state index is 13.5. The van der Waals surface area contributed by atoms with E-state index in [0.717, 1.165) is 24.3 Å². The first kappa shape index (κ1) is 16.7. The smallest absolute Gasteiger partial charge is 0.254 e. The molecular weight excluding hydrogens is 253 g/mol. The summed E-state index contributed by atoms with van der Waals surface area (Å²) in [6.07, 6.45) is 5.78. The van der Waals surface area contributed by atoms with E-state index in [0.29, 0.717) is 6.54 Å². The zero-order chi connectivity index (χ0) is 15.0. The molecule has 0 unspecified atom stereocenters. The van der Waals surface area contributed by atoms with Crippen molar-refractivity contribution in [3.63, 3.8) is 0 Å². The van der Waals surface area contributed by atoms with Gasteiger partial charge < -0.3 is 5.32 Å². The Morgan fingerprint density at radius 3 is 2.60 bits per heavy atom. The van der Waals surface area contributed by atoms with Gasteiger partial charge in [0.15, 0.2) is 0 Å². The number of hydrogen-bond donors (Lipinski definition) is 1. The summed E-state index contributed by atoms with van der Waals surface area (Å²) in [7, 11) is 0. The predicted molar refractivity (Wildman–Crippen MR) is 81.4 cm³/mol. The van der Waals surface area contributed by atoms with Gasteiger partial charge in [-0.2, -0.15) is 0 Å². The van der Waals surface area contributed by atoms with E-state index in [2.05, 4.69) is 19.2 Å². The number of rotatable bonds is 8. The molecule has 1 aromatic rings. The SMILES string of the molecule is Cc1ccc(F)c(C(=O)NCCCCCCC(C)C)c1. The zero-order valence-electron chi connectivity index (χ0n) is 12.8. The summed E-state index contributed by atoms with van der Waals surface area (Å²) < 4.78 is 13.5. The molecule has 0 saturated carbocycles. The molecular formula is C17H26FNO. The minimum atomic E-state index is -0.454. The van der Waals surface area contributed by atoms with E-state index in [9.17, 15) is 9.18 Å². The third kappa shape index (κ3) is 6.18. The summed E-state index contributed by atoms with van der Waals surface area (Å²) >= 11 is 0. The fourth-order valence-corrected chi connectivity index (χ4v) is 2.14. The van der Waals surface area contributed by atoms with Crippen LogP contribution in [0.3, 0.4) is 0 Å². The van der Waals surface area contributed by atoms with Crippen LogP contribution in [0, 0.1) is 18.7 Å². The van der Waals surface area contributed by atoms with Crippen molar-refractivity contribution in [2.45, 2.75) is 52.9 Å². The number of benzene rings is 1. The van der Waals surface area contributed by atoms with Crippen molar-refractivity contribution in [1.29, 1.82) is 0 Å². The fourth-order valence-electron chi connectivity index (χ4n) is 2.14. The molecule has 1 rings (SSSR count). The number of amides is 1. The van der Waals surface area contributed by atoms with Crippen LogP contribution in [0.1, 0.15) is 61.9 Å². The molecule has 20 heavy (non-hydrogen) atoms. The Morgan fingerprint density at radius 1 is 1.20 bits per heavy atom. The Balaban J connectivity index is 2.22. The van der Waals surface area contributed by atoms with Gasteiger partial charge in [0.1, 0.15) is 5.82 Å². The van der Waals surface area contributed by atoms with Crippen LogP contribution in [0.5, 0.6) is 0 Å². The topological polar surface area (TPSA) is 29.1 Å². The van der Waals surface area contributed by atoms with Gasteiger partial charge in [0.25, 0.3) is 5.91 Å². The second-order valence-corrected chi connectivity index (χ2v) is 5.84. The monoisotopic (exact) mass is 279 g/mol. The van der Waals surface area contributed by atoms with E-state index in [4.69, 9.17) is 0 Å². The van der Waals surface area contributed by atoms with Gasteiger partial charge in [-0.05, 0) is 31.4 Å². The summed E-state index contributed by atoms with van der Waals surface area (Å²) in [6, 6.07) is 4.60. The second kappa shape index (κ2) is 8.72. The van der Waals surface area contributed by atoms with Gasteiger partial charge in [-0.15, -0.1) is 0 Å². The highest BCUT2D eigenvalue weighted by atomic mass is 19.1. The van der Waals surface area contributed by atoms with Crippen molar-refractivity contribution in [2.75, 3.05) is 6.54 Å².